The molecule has 0 bridgehead atoms. The number of rotatable bonds is 6. The zero-order valence-electron chi connectivity index (χ0n) is 11.3. The third-order valence-electron chi connectivity index (χ3n) is 3.27. The third-order valence-corrected chi connectivity index (χ3v) is 5.21. The van der Waals surface area contributed by atoms with Gasteiger partial charge in [-0.05, 0) is 50.1 Å². The first-order valence-corrected chi connectivity index (χ1v) is 8.46. The van der Waals surface area contributed by atoms with Gasteiger partial charge in [-0.1, -0.05) is 6.92 Å². The molecule has 2 rings (SSSR count). The molecule has 1 aliphatic rings. The molecule has 1 aliphatic heterocycles. The summed E-state index contributed by atoms with van der Waals surface area (Å²) in [5.74, 6) is 0.920. The highest BCUT2D eigenvalue weighted by Gasteiger charge is 2.15. The number of benzene rings is 1. The highest BCUT2D eigenvalue weighted by atomic mass is 32.2. The molecule has 0 saturated carbocycles. The maximum absolute atomic E-state index is 11.9. The first-order valence-electron chi connectivity index (χ1n) is 6.81. The molecule has 1 N–H and O–H groups in total. The van der Waals surface area contributed by atoms with Crippen molar-refractivity contribution in [2.45, 2.75) is 37.1 Å². The van der Waals surface area contributed by atoms with Crippen LogP contribution >= 0.6 is 0 Å². The van der Waals surface area contributed by atoms with Crippen LogP contribution in [0.3, 0.4) is 0 Å². The largest absolute Gasteiger partial charge is 0.492 e. The van der Waals surface area contributed by atoms with Crippen LogP contribution in [-0.4, -0.2) is 33.4 Å². The van der Waals surface area contributed by atoms with Crippen LogP contribution in [0.4, 0.5) is 0 Å². The van der Waals surface area contributed by atoms with E-state index in [0.29, 0.717) is 24.0 Å². The maximum atomic E-state index is 11.9. The molecular formula is C14H21NO3S. The number of nitrogens with one attached hydrogen (secondary N) is 1. The fraction of sp³-hybridized carbons (Fsp3) is 0.571. The Morgan fingerprint density at radius 3 is 2.63 bits per heavy atom. The Balaban J connectivity index is 1.94. The van der Waals surface area contributed by atoms with Crippen LogP contribution in [0.2, 0.25) is 0 Å². The predicted octanol–water partition coefficient (Wildman–Crippen LogP) is 2.00. The second-order valence-corrected chi connectivity index (χ2v) is 7.00. The summed E-state index contributed by atoms with van der Waals surface area (Å²) in [6.07, 6.45) is 2.97. The van der Waals surface area contributed by atoms with E-state index in [4.69, 9.17) is 4.74 Å². The minimum absolute atomic E-state index is 0.194. The molecule has 1 aromatic rings. The number of hydrogen-bond acceptors (Lipinski definition) is 4. The Morgan fingerprint density at radius 2 is 2.05 bits per heavy atom. The number of ether oxygens (including phenoxy) is 1. The van der Waals surface area contributed by atoms with Crippen LogP contribution in [-0.2, 0) is 9.84 Å². The van der Waals surface area contributed by atoms with Gasteiger partial charge in [-0.3, -0.25) is 0 Å². The van der Waals surface area contributed by atoms with Gasteiger partial charge >= 0.3 is 0 Å². The first kappa shape index (κ1) is 14.3. The van der Waals surface area contributed by atoms with Crippen molar-refractivity contribution in [1.82, 2.24) is 5.32 Å². The minimum Gasteiger partial charge on any atom is -0.492 e. The summed E-state index contributed by atoms with van der Waals surface area (Å²) in [4.78, 5) is 0.376. The van der Waals surface area contributed by atoms with Crippen molar-refractivity contribution in [3.05, 3.63) is 24.3 Å². The van der Waals surface area contributed by atoms with Gasteiger partial charge in [0.15, 0.2) is 9.84 Å². The standard InChI is InChI=1S/C14H21NO3S/c1-2-10-19(16,17)14-7-5-13(6-8-14)18-11-12-4-3-9-15-12/h5-8,12,15H,2-4,9-11H2,1H3. The van der Waals surface area contributed by atoms with E-state index in [1.807, 2.05) is 6.92 Å². The fourth-order valence-corrected chi connectivity index (χ4v) is 3.55. The lowest BCUT2D eigenvalue weighted by molar-refractivity contribution is 0.277. The summed E-state index contributed by atoms with van der Waals surface area (Å²) in [6.45, 7) is 3.56. The van der Waals surface area contributed by atoms with Gasteiger partial charge in [0.2, 0.25) is 0 Å². The monoisotopic (exact) mass is 283 g/mol. The lowest BCUT2D eigenvalue weighted by Gasteiger charge is -2.12. The van der Waals surface area contributed by atoms with E-state index >= 15 is 0 Å². The zero-order valence-corrected chi connectivity index (χ0v) is 12.1. The molecule has 1 heterocycles. The normalized spacial score (nSPS) is 19.5. The second kappa shape index (κ2) is 6.39. The van der Waals surface area contributed by atoms with Gasteiger partial charge < -0.3 is 10.1 Å². The van der Waals surface area contributed by atoms with Gasteiger partial charge in [0.25, 0.3) is 0 Å². The van der Waals surface area contributed by atoms with Crippen molar-refractivity contribution < 1.29 is 13.2 Å². The quantitative estimate of drug-likeness (QED) is 0.867. The first-order chi connectivity index (χ1) is 9.12. The predicted molar refractivity (Wildman–Crippen MR) is 75.3 cm³/mol. The summed E-state index contributed by atoms with van der Waals surface area (Å²) in [6, 6.07) is 7.14. The lowest BCUT2D eigenvalue weighted by atomic mass is 10.2. The Labute approximate surface area is 115 Å². The molecular weight excluding hydrogens is 262 g/mol. The van der Waals surface area contributed by atoms with Crippen molar-refractivity contribution in [2.75, 3.05) is 18.9 Å². The van der Waals surface area contributed by atoms with Crippen molar-refractivity contribution in [1.29, 1.82) is 0 Å². The summed E-state index contributed by atoms with van der Waals surface area (Å²) < 4.78 is 29.4. The topological polar surface area (TPSA) is 55.4 Å². The van der Waals surface area contributed by atoms with Gasteiger partial charge in [-0.2, -0.15) is 0 Å². The van der Waals surface area contributed by atoms with E-state index in [0.717, 1.165) is 18.7 Å². The summed E-state index contributed by atoms with van der Waals surface area (Å²) in [7, 11) is -3.13. The van der Waals surface area contributed by atoms with Gasteiger partial charge in [0, 0.05) is 6.04 Å². The molecule has 0 amide bonds. The van der Waals surface area contributed by atoms with Crippen LogP contribution in [0.1, 0.15) is 26.2 Å². The van der Waals surface area contributed by atoms with Crippen LogP contribution in [0.15, 0.2) is 29.2 Å². The molecule has 0 aromatic heterocycles. The molecule has 19 heavy (non-hydrogen) atoms. The molecule has 1 atom stereocenters. The highest BCUT2D eigenvalue weighted by molar-refractivity contribution is 7.91. The summed E-state index contributed by atoms with van der Waals surface area (Å²) in [5.41, 5.74) is 0. The molecule has 1 saturated heterocycles. The third kappa shape index (κ3) is 3.94. The zero-order chi connectivity index (χ0) is 13.7. The average Bonchev–Trinajstić information content (AvgIpc) is 2.90. The minimum atomic E-state index is -3.13. The molecule has 4 nitrogen and oxygen atoms in total. The molecule has 5 heteroatoms. The van der Waals surface area contributed by atoms with Crippen LogP contribution < -0.4 is 10.1 Å². The summed E-state index contributed by atoms with van der Waals surface area (Å²) in [5, 5.41) is 3.36. The van der Waals surface area contributed by atoms with E-state index in [9.17, 15) is 8.42 Å². The van der Waals surface area contributed by atoms with E-state index in [-0.39, 0.29) is 5.75 Å². The molecule has 0 aliphatic carbocycles. The maximum Gasteiger partial charge on any atom is 0.178 e. The van der Waals surface area contributed by atoms with E-state index < -0.39 is 9.84 Å². The molecule has 1 aromatic carbocycles. The van der Waals surface area contributed by atoms with E-state index in [2.05, 4.69) is 5.32 Å². The lowest BCUT2D eigenvalue weighted by Crippen LogP contribution is -2.28. The highest BCUT2D eigenvalue weighted by Crippen LogP contribution is 2.18. The Hall–Kier alpha value is -1.07. The number of hydrogen-bond donors (Lipinski definition) is 1. The Bertz CT molecular complexity index is 490. The molecule has 0 spiro atoms. The van der Waals surface area contributed by atoms with Crippen molar-refractivity contribution in [3.8, 4) is 5.75 Å². The van der Waals surface area contributed by atoms with Gasteiger partial charge in [-0.15, -0.1) is 0 Å². The molecule has 1 unspecified atom stereocenters. The smallest absolute Gasteiger partial charge is 0.178 e. The van der Waals surface area contributed by atoms with Crippen molar-refractivity contribution >= 4 is 9.84 Å². The second-order valence-electron chi connectivity index (χ2n) is 4.89. The molecule has 1 fully saturated rings. The van der Waals surface area contributed by atoms with Crippen LogP contribution in [0.25, 0.3) is 0 Å². The Kier molecular flexibility index (Phi) is 4.82. The van der Waals surface area contributed by atoms with Crippen molar-refractivity contribution in [2.24, 2.45) is 0 Å². The van der Waals surface area contributed by atoms with Gasteiger partial charge in [0.1, 0.15) is 12.4 Å². The number of sulfone groups is 1. The fourth-order valence-electron chi connectivity index (χ4n) is 2.23. The van der Waals surface area contributed by atoms with Crippen LogP contribution in [0, 0.1) is 0 Å². The van der Waals surface area contributed by atoms with Gasteiger partial charge in [0.05, 0.1) is 10.6 Å². The summed E-state index contributed by atoms with van der Waals surface area (Å²) >= 11 is 0. The Morgan fingerprint density at radius 1 is 1.32 bits per heavy atom. The molecule has 0 radical (unpaired) electrons. The molecule has 106 valence electrons. The van der Waals surface area contributed by atoms with Crippen molar-refractivity contribution in [3.63, 3.8) is 0 Å². The van der Waals surface area contributed by atoms with E-state index in [1.54, 1.807) is 24.3 Å². The van der Waals surface area contributed by atoms with E-state index in [1.165, 1.54) is 6.42 Å². The van der Waals surface area contributed by atoms with Crippen LogP contribution in [0.5, 0.6) is 5.75 Å². The van der Waals surface area contributed by atoms with Gasteiger partial charge in [-0.25, -0.2) is 8.42 Å². The average molecular weight is 283 g/mol. The SMILES string of the molecule is CCCS(=O)(=O)c1ccc(OCC2CCCN2)cc1.